The molecule has 1 aliphatic heterocycles. The molecule has 0 aromatic heterocycles. The fraction of sp³-hybridized carbons (Fsp3) is 0.667. The first-order valence-electron chi connectivity index (χ1n) is 9.98. The predicted molar refractivity (Wildman–Crippen MR) is 123 cm³/mol. The van der Waals surface area contributed by atoms with Gasteiger partial charge in [-0.2, -0.15) is 0 Å². The van der Waals surface area contributed by atoms with E-state index in [9.17, 15) is 5.11 Å². The van der Waals surface area contributed by atoms with Crippen molar-refractivity contribution in [1.82, 2.24) is 10.6 Å². The Labute approximate surface area is 181 Å². The third-order valence-corrected chi connectivity index (χ3v) is 4.79. The van der Waals surface area contributed by atoms with Crippen LogP contribution < -0.4 is 15.4 Å². The Balaban J connectivity index is 0.00000364. The summed E-state index contributed by atoms with van der Waals surface area (Å²) in [5, 5.41) is 16.1. The molecule has 1 aromatic rings. The van der Waals surface area contributed by atoms with Gasteiger partial charge in [-0.15, -0.1) is 24.0 Å². The van der Waals surface area contributed by atoms with Gasteiger partial charge in [-0.25, -0.2) is 0 Å². The molecular weight excluding hydrogens is 453 g/mol. The van der Waals surface area contributed by atoms with E-state index in [-0.39, 0.29) is 30.6 Å². The summed E-state index contributed by atoms with van der Waals surface area (Å²) in [6.07, 6.45) is 2.93. The maximum absolute atomic E-state index is 9.29. The van der Waals surface area contributed by atoms with Crippen LogP contribution in [0.5, 0.6) is 5.75 Å². The van der Waals surface area contributed by atoms with Gasteiger partial charge in [-0.3, -0.25) is 4.99 Å². The Hall–Kier alpha value is -1.02. The highest BCUT2D eigenvalue weighted by Gasteiger charge is 2.21. The second-order valence-electron chi connectivity index (χ2n) is 7.48. The molecule has 1 aromatic carbocycles. The van der Waals surface area contributed by atoms with Crippen LogP contribution >= 0.6 is 24.0 Å². The summed E-state index contributed by atoms with van der Waals surface area (Å²) in [6, 6.07) is 8.30. The molecule has 6 heteroatoms. The summed E-state index contributed by atoms with van der Waals surface area (Å²) in [6.45, 7) is 9.96. The Morgan fingerprint density at radius 2 is 2.07 bits per heavy atom. The second-order valence-corrected chi connectivity index (χ2v) is 7.48. The molecule has 1 aliphatic rings. The van der Waals surface area contributed by atoms with E-state index in [1.165, 1.54) is 5.56 Å². The van der Waals surface area contributed by atoms with Crippen LogP contribution in [0.2, 0.25) is 0 Å². The van der Waals surface area contributed by atoms with Crippen molar-refractivity contribution in [2.75, 3.05) is 32.8 Å². The highest BCUT2D eigenvalue weighted by Crippen LogP contribution is 2.32. The largest absolute Gasteiger partial charge is 0.493 e. The van der Waals surface area contributed by atoms with Crippen LogP contribution in [0.25, 0.3) is 0 Å². The normalized spacial score (nSPS) is 17.5. The topological polar surface area (TPSA) is 65.9 Å². The van der Waals surface area contributed by atoms with Crippen LogP contribution in [0.15, 0.2) is 29.3 Å². The molecule has 2 unspecified atom stereocenters. The van der Waals surface area contributed by atoms with E-state index < -0.39 is 0 Å². The first-order valence-corrected chi connectivity index (χ1v) is 9.98. The zero-order valence-electron chi connectivity index (χ0n) is 16.9. The average Bonchev–Trinajstić information content (AvgIpc) is 2.63. The number of aliphatic hydroxyl groups excluding tert-OH is 1. The van der Waals surface area contributed by atoms with Crippen molar-refractivity contribution in [1.29, 1.82) is 0 Å². The molecule has 0 saturated carbocycles. The average molecular weight is 489 g/mol. The molecule has 1 heterocycles. The fourth-order valence-electron chi connectivity index (χ4n) is 3.54. The highest BCUT2D eigenvalue weighted by atomic mass is 127. The van der Waals surface area contributed by atoms with Crippen molar-refractivity contribution in [3.63, 3.8) is 0 Å². The SMILES string of the molecule is CCNC(=NCC(CCO)CC(C)C)NCC1CCOc2ccccc21.I. The van der Waals surface area contributed by atoms with Gasteiger partial charge in [0, 0.05) is 32.2 Å². The number of para-hydroxylation sites is 1. The number of aliphatic imine (C=N–C) groups is 1. The summed E-state index contributed by atoms with van der Waals surface area (Å²) >= 11 is 0. The number of aliphatic hydroxyl groups is 1. The quantitative estimate of drug-likeness (QED) is 0.281. The Morgan fingerprint density at radius 1 is 1.30 bits per heavy atom. The monoisotopic (exact) mass is 489 g/mol. The lowest BCUT2D eigenvalue weighted by atomic mass is 9.93. The maximum atomic E-state index is 9.29. The van der Waals surface area contributed by atoms with Gasteiger partial charge in [-0.1, -0.05) is 32.0 Å². The second kappa shape index (κ2) is 13.2. The van der Waals surface area contributed by atoms with Gasteiger partial charge in [0.25, 0.3) is 0 Å². The molecule has 0 aliphatic carbocycles. The first-order chi connectivity index (χ1) is 12.6. The van der Waals surface area contributed by atoms with Crippen molar-refractivity contribution < 1.29 is 9.84 Å². The predicted octanol–water partition coefficient (Wildman–Crippen LogP) is 3.77. The Bertz CT molecular complexity index is 566. The number of nitrogens with zero attached hydrogens (tertiary/aromatic N) is 1. The van der Waals surface area contributed by atoms with E-state index in [1.54, 1.807) is 0 Å². The molecule has 5 nitrogen and oxygen atoms in total. The lowest BCUT2D eigenvalue weighted by Crippen LogP contribution is -2.40. The number of ether oxygens (including phenoxy) is 1. The lowest BCUT2D eigenvalue weighted by molar-refractivity contribution is 0.245. The molecule has 0 radical (unpaired) electrons. The number of rotatable bonds is 9. The first kappa shape index (κ1) is 24.0. The van der Waals surface area contributed by atoms with Gasteiger partial charge in [0.05, 0.1) is 6.61 Å². The zero-order chi connectivity index (χ0) is 18.8. The minimum absolute atomic E-state index is 0. The number of hydrogen-bond acceptors (Lipinski definition) is 3. The third-order valence-electron chi connectivity index (χ3n) is 4.79. The van der Waals surface area contributed by atoms with E-state index in [0.29, 0.717) is 17.8 Å². The zero-order valence-corrected chi connectivity index (χ0v) is 19.2. The van der Waals surface area contributed by atoms with E-state index in [1.807, 2.05) is 12.1 Å². The summed E-state index contributed by atoms with van der Waals surface area (Å²) < 4.78 is 5.75. The molecule has 0 fully saturated rings. The minimum atomic E-state index is 0. The van der Waals surface area contributed by atoms with Crippen molar-refractivity contribution >= 4 is 29.9 Å². The number of guanidine groups is 1. The number of nitrogens with one attached hydrogen (secondary N) is 2. The fourth-order valence-corrected chi connectivity index (χ4v) is 3.54. The molecule has 0 saturated heterocycles. The molecule has 3 N–H and O–H groups in total. The third kappa shape index (κ3) is 8.25. The highest BCUT2D eigenvalue weighted by molar-refractivity contribution is 14.0. The minimum Gasteiger partial charge on any atom is -0.493 e. The molecule has 0 bridgehead atoms. The molecular formula is C21H36IN3O2. The van der Waals surface area contributed by atoms with Crippen LogP contribution in [-0.4, -0.2) is 43.9 Å². The molecule has 2 atom stereocenters. The summed E-state index contributed by atoms with van der Waals surface area (Å²) in [5.41, 5.74) is 1.28. The van der Waals surface area contributed by atoms with Gasteiger partial charge in [0.1, 0.15) is 5.75 Å². The van der Waals surface area contributed by atoms with Gasteiger partial charge in [0.2, 0.25) is 0 Å². The standard InChI is InChI=1S/C21H35N3O2.HI/c1-4-22-21(23-14-17(9-11-25)13-16(2)3)24-15-18-10-12-26-20-8-6-5-7-19(18)20;/h5-8,16-18,25H,4,9-15H2,1-3H3,(H2,22,23,24);1H. The number of benzene rings is 1. The number of halogens is 1. The Morgan fingerprint density at radius 3 is 2.78 bits per heavy atom. The number of hydrogen-bond donors (Lipinski definition) is 3. The van der Waals surface area contributed by atoms with E-state index in [4.69, 9.17) is 9.73 Å². The van der Waals surface area contributed by atoms with Crippen molar-refractivity contribution in [3.8, 4) is 5.75 Å². The van der Waals surface area contributed by atoms with Crippen molar-refractivity contribution in [3.05, 3.63) is 29.8 Å². The van der Waals surface area contributed by atoms with Crippen molar-refractivity contribution in [2.45, 2.75) is 46.0 Å². The Kier molecular flexibility index (Phi) is 11.7. The number of fused-ring (bicyclic) bond motifs is 1. The molecule has 0 spiro atoms. The van der Waals surface area contributed by atoms with Gasteiger partial charge in [0.15, 0.2) is 5.96 Å². The van der Waals surface area contributed by atoms with Crippen molar-refractivity contribution in [2.24, 2.45) is 16.8 Å². The van der Waals surface area contributed by atoms with Crippen LogP contribution in [0.4, 0.5) is 0 Å². The van der Waals surface area contributed by atoms with Gasteiger partial charge < -0.3 is 20.5 Å². The van der Waals surface area contributed by atoms with Gasteiger partial charge >= 0.3 is 0 Å². The van der Waals surface area contributed by atoms with Crippen LogP contribution in [0.3, 0.4) is 0 Å². The maximum Gasteiger partial charge on any atom is 0.191 e. The van der Waals surface area contributed by atoms with Gasteiger partial charge in [-0.05, 0) is 49.7 Å². The van der Waals surface area contributed by atoms with E-state index >= 15 is 0 Å². The van der Waals surface area contributed by atoms with E-state index in [0.717, 1.165) is 57.2 Å². The molecule has 27 heavy (non-hydrogen) atoms. The summed E-state index contributed by atoms with van der Waals surface area (Å²) in [5.74, 6) is 3.36. The van der Waals surface area contributed by atoms with Crippen LogP contribution in [0, 0.1) is 11.8 Å². The van der Waals surface area contributed by atoms with E-state index in [2.05, 4.69) is 43.5 Å². The molecule has 154 valence electrons. The van der Waals surface area contributed by atoms with Crippen LogP contribution in [0.1, 0.15) is 51.5 Å². The molecule has 2 rings (SSSR count). The smallest absolute Gasteiger partial charge is 0.191 e. The summed E-state index contributed by atoms with van der Waals surface area (Å²) in [7, 11) is 0. The lowest BCUT2D eigenvalue weighted by Gasteiger charge is -2.26. The van der Waals surface area contributed by atoms with Crippen LogP contribution in [-0.2, 0) is 0 Å². The molecule has 0 amide bonds. The summed E-state index contributed by atoms with van der Waals surface area (Å²) in [4.78, 5) is 4.78.